The Morgan fingerprint density at radius 2 is 0.746 bits per heavy atom. The van der Waals surface area contributed by atoms with Gasteiger partial charge in [-0.05, 0) is 97.4 Å². The van der Waals surface area contributed by atoms with Gasteiger partial charge in [-0.2, -0.15) is 0 Å². The first-order chi connectivity index (χ1) is 31.2. The summed E-state index contributed by atoms with van der Waals surface area (Å²) < 4.78 is 2.41. The molecule has 0 aliphatic heterocycles. The van der Waals surface area contributed by atoms with Crippen LogP contribution in [0.1, 0.15) is 0 Å². The topological polar surface area (TPSA) is 43.6 Å². The van der Waals surface area contributed by atoms with Crippen LogP contribution in [0.15, 0.2) is 231 Å². The van der Waals surface area contributed by atoms with Crippen molar-refractivity contribution in [1.29, 1.82) is 0 Å². The summed E-state index contributed by atoms with van der Waals surface area (Å²) in [6.45, 7) is 0. The first kappa shape index (κ1) is 36.4. The highest BCUT2D eigenvalue weighted by Crippen LogP contribution is 2.41. The van der Waals surface area contributed by atoms with Crippen LogP contribution in [0.4, 0.5) is 0 Å². The first-order valence-corrected chi connectivity index (χ1v) is 21.3. The van der Waals surface area contributed by atoms with Crippen molar-refractivity contribution in [3.8, 4) is 73.2 Å². The molecule has 0 atom stereocenters. The molecule has 0 N–H and O–H groups in total. The van der Waals surface area contributed by atoms with E-state index >= 15 is 0 Å². The van der Waals surface area contributed by atoms with E-state index in [0.717, 1.165) is 61.2 Å². The molecule has 0 aliphatic carbocycles. The summed E-state index contributed by atoms with van der Waals surface area (Å²) in [5.74, 6) is 1.83. The molecule has 0 unspecified atom stereocenters. The molecule has 0 saturated carbocycles. The predicted molar refractivity (Wildman–Crippen MR) is 262 cm³/mol. The van der Waals surface area contributed by atoms with Gasteiger partial charge in [0.2, 0.25) is 0 Å². The minimum atomic E-state index is 0.600. The van der Waals surface area contributed by atoms with Crippen molar-refractivity contribution >= 4 is 43.4 Å². The van der Waals surface area contributed by atoms with Gasteiger partial charge >= 0.3 is 0 Å². The van der Waals surface area contributed by atoms with E-state index in [9.17, 15) is 0 Å². The largest absolute Gasteiger partial charge is 0.309 e. The van der Waals surface area contributed by atoms with E-state index in [2.05, 4.69) is 211 Å². The summed E-state index contributed by atoms with van der Waals surface area (Å²) in [7, 11) is 0. The van der Waals surface area contributed by atoms with Gasteiger partial charge in [0.15, 0.2) is 17.5 Å². The minimum Gasteiger partial charge on any atom is -0.309 e. The number of para-hydroxylation sites is 1. The van der Waals surface area contributed by atoms with Gasteiger partial charge < -0.3 is 4.57 Å². The minimum absolute atomic E-state index is 0.600. The molecule has 294 valence electrons. The molecular weight excluding hydrogens is 765 g/mol. The molecule has 4 heteroatoms. The fraction of sp³-hybridized carbons (Fsp3) is 0. The zero-order valence-electron chi connectivity index (χ0n) is 34.2. The Labute approximate surface area is 365 Å². The molecule has 0 saturated heterocycles. The summed E-state index contributed by atoms with van der Waals surface area (Å²) in [6, 6.07) is 81.9. The first-order valence-electron chi connectivity index (χ1n) is 21.3. The second kappa shape index (κ2) is 15.2. The van der Waals surface area contributed by atoms with E-state index in [1.807, 2.05) is 24.3 Å². The Morgan fingerprint density at radius 3 is 1.48 bits per heavy atom. The second-order valence-electron chi connectivity index (χ2n) is 16.0. The van der Waals surface area contributed by atoms with Gasteiger partial charge in [-0.1, -0.05) is 188 Å². The van der Waals surface area contributed by atoms with Crippen LogP contribution in [0.3, 0.4) is 0 Å². The molecule has 12 aromatic rings. The third kappa shape index (κ3) is 6.53. The van der Waals surface area contributed by atoms with E-state index in [4.69, 9.17) is 15.0 Å². The van der Waals surface area contributed by atoms with E-state index in [1.54, 1.807) is 0 Å². The fourth-order valence-electron chi connectivity index (χ4n) is 9.20. The molecular formula is C59H38N4. The summed E-state index contributed by atoms with van der Waals surface area (Å²) in [5.41, 5.74) is 12.8. The van der Waals surface area contributed by atoms with Crippen molar-refractivity contribution in [2.75, 3.05) is 0 Å². The molecule has 0 bridgehead atoms. The van der Waals surface area contributed by atoms with Crippen LogP contribution in [-0.2, 0) is 0 Å². The summed E-state index contributed by atoms with van der Waals surface area (Å²) in [6.07, 6.45) is 0. The average Bonchev–Trinajstić information content (AvgIpc) is 3.70. The van der Waals surface area contributed by atoms with Crippen LogP contribution in [0.5, 0.6) is 0 Å². The number of fused-ring (bicyclic) bond motifs is 6. The third-order valence-electron chi connectivity index (χ3n) is 12.2. The molecule has 0 spiro atoms. The Morgan fingerprint density at radius 1 is 0.254 bits per heavy atom. The van der Waals surface area contributed by atoms with Crippen molar-refractivity contribution in [3.63, 3.8) is 0 Å². The maximum Gasteiger partial charge on any atom is 0.164 e. The van der Waals surface area contributed by atoms with Crippen molar-refractivity contribution in [2.24, 2.45) is 0 Å². The van der Waals surface area contributed by atoms with Crippen LogP contribution in [-0.4, -0.2) is 19.5 Å². The second-order valence-corrected chi connectivity index (χ2v) is 16.0. The van der Waals surface area contributed by atoms with Crippen molar-refractivity contribution in [2.45, 2.75) is 0 Å². The highest BCUT2D eigenvalue weighted by atomic mass is 15.0. The molecule has 63 heavy (non-hydrogen) atoms. The van der Waals surface area contributed by atoms with E-state index in [0.29, 0.717) is 17.5 Å². The van der Waals surface area contributed by atoms with E-state index in [1.165, 1.54) is 37.9 Å². The fourth-order valence-corrected chi connectivity index (χ4v) is 9.20. The lowest BCUT2D eigenvalue weighted by molar-refractivity contribution is 1.07. The molecule has 10 aromatic carbocycles. The van der Waals surface area contributed by atoms with Crippen LogP contribution in [0.2, 0.25) is 0 Å². The summed E-state index contributed by atoms with van der Waals surface area (Å²) in [5, 5.41) is 7.22. The molecule has 2 aromatic heterocycles. The molecule has 2 heterocycles. The van der Waals surface area contributed by atoms with Gasteiger partial charge in [0.25, 0.3) is 0 Å². The molecule has 0 radical (unpaired) electrons. The maximum atomic E-state index is 5.35. The number of hydrogen-bond donors (Lipinski definition) is 0. The third-order valence-corrected chi connectivity index (χ3v) is 12.2. The van der Waals surface area contributed by atoms with Gasteiger partial charge in [-0.25, -0.2) is 15.0 Å². The Bertz CT molecular complexity index is 3670. The number of benzene rings is 10. The maximum absolute atomic E-state index is 5.35. The SMILES string of the molecule is c1ccc(-c2cccc(-c3nc(-c4ccccc4)nc(-c4cc(-c5cc6ccccc6c6ccccc56)cc(-n5c6ccccc6c6ccc(-c7ccccc7)cc65)c4)n3)c2)cc1. The summed E-state index contributed by atoms with van der Waals surface area (Å²) in [4.78, 5) is 15.8. The molecule has 0 aliphatic rings. The zero-order chi connectivity index (χ0) is 41.7. The smallest absolute Gasteiger partial charge is 0.164 e. The van der Waals surface area contributed by atoms with Crippen molar-refractivity contribution in [1.82, 2.24) is 19.5 Å². The predicted octanol–water partition coefficient (Wildman–Crippen LogP) is 15.3. The standard InChI is InChI=1S/C59H38N4/c1-4-17-39(18-5-1)42-24-16-25-45(33-42)58-60-57(41-21-8-3-9-22-41)61-59(62-58)47-34-46(54-37-44-23-10-11-26-49(44)50-27-12-13-28-51(50)54)35-48(36-47)63-55-30-15-14-29-52(55)53-32-31-43(38-56(53)63)40-19-6-2-7-20-40/h1-38H. The van der Waals surface area contributed by atoms with Crippen LogP contribution in [0.25, 0.3) is 117 Å². The lowest BCUT2D eigenvalue weighted by Crippen LogP contribution is -2.02. The van der Waals surface area contributed by atoms with E-state index in [-0.39, 0.29) is 0 Å². The van der Waals surface area contributed by atoms with E-state index < -0.39 is 0 Å². The number of nitrogens with zero attached hydrogens (tertiary/aromatic N) is 4. The molecule has 0 fully saturated rings. The molecule has 4 nitrogen and oxygen atoms in total. The Balaban J connectivity index is 1.15. The normalized spacial score (nSPS) is 11.5. The number of rotatable bonds is 7. The quantitative estimate of drug-likeness (QED) is 0.151. The monoisotopic (exact) mass is 802 g/mol. The van der Waals surface area contributed by atoms with Crippen molar-refractivity contribution in [3.05, 3.63) is 231 Å². The van der Waals surface area contributed by atoms with Crippen LogP contribution in [0, 0.1) is 0 Å². The van der Waals surface area contributed by atoms with Crippen LogP contribution >= 0.6 is 0 Å². The van der Waals surface area contributed by atoms with Crippen LogP contribution < -0.4 is 0 Å². The lowest BCUT2D eigenvalue weighted by Gasteiger charge is -2.16. The lowest BCUT2D eigenvalue weighted by atomic mass is 9.92. The highest BCUT2D eigenvalue weighted by molar-refractivity contribution is 6.14. The van der Waals surface area contributed by atoms with Crippen molar-refractivity contribution < 1.29 is 0 Å². The van der Waals surface area contributed by atoms with Gasteiger partial charge in [-0.3, -0.25) is 0 Å². The average molecular weight is 803 g/mol. The Kier molecular flexibility index (Phi) is 8.79. The number of aromatic nitrogens is 4. The van der Waals surface area contributed by atoms with Gasteiger partial charge in [-0.15, -0.1) is 0 Å². The van der Waals surface area contributed by atoms with Gasteiger partial charge in [0.05, 0.1) is 11.0 Å². The number of hydrogen-bond acceptors (Lipinski definition) is 3. The summed E-state index contributed by atoms with van der Waals surface area (Å²) >= 11 is 0. The molecule has 0 amide bonds. The van der Waals surface area contributed by atoms with Gasteiger partial charge in [0.1, 0.15) is 0 Å². The van der Waals surface area contributed by atoms with Gasteiger partial charge in [0, 0.05) is 33.2 Å². The highest BCUT2D eigenvalue weighted by Gasteiger charge is 2.20. The molecule has 12 rings (SSSR count). The Hall–Kier alpha value is -8.47. The zero-order valence-corrected chi connectivity index (χ0v) is 34.2.